The van der Waals surface area contributed by atoms with E-state index in [1.165, 1.54) is 0 Å². The van der Waals surface area contributed by atoms with Gasteiger partial charge in [0.2, 0.25) is 0 Å². The van der Waals surface area contributed by atoms with Crippen LogP contribution in [0.5, 0.6) is 0 Å². The van der Waals surface area contributed by atoms with Crippen LogP contribution in [-0.4, -0.2) is 21.9 Å². The highest BCUT2D eigenvalue weighted by Crippen LogP contribution is 2.34. The molecule has 0 aliphatic carbocycles. The van der Waals surface area contributed by atoms with Crippen molar-refractivity contribution in [1.82, 2.24) is 15.1 Å². The van der Waals surface area contributed by atoms with Gasteiger partial charge < -0.3 is 5.32 Å². The maximum Gasteiger partial charge on any atom is 0.0823 e. The van der Waals surface area contributed by atoms with Crippen LogP contribution in [0.1, 0.15) is 66.6 Å². The first-order valence-corrected chi connectivity index (χ1v) is 7.41. The minimum atomic E-state index is 0.0100. The Balaban J connectivity index is 2.85. The highest BCUT2D eigenvalue weighted by atomic mass is 35.5. The van der Waals surface area contributed by atoms with Crippen molar-refractivity contribution in [1.29, 1.82) is 0 Å². The Morgan fingerprint density at radius 2 is 1.84 bits per heavy atom. The molecule has 0 aromatic carbocycles. The summed E-state index contributed by atoms with van der Waals surface area (Å²) >= 11 is 6.34. The van der Waals surface area contributed by atoms with Crippen molar-refractivity contribution >= 4 is 11.6 Å². The Bertz CT molecular complexity index is 414. The normalized spacial score (nSPS) is 13.3. The van der Waals surface area contributed by atoms with E-state index >= 15 is 0 Å². The molecule has 1 N–H and O–H groups in total. The summed E-state index contributed by atoms with van der Waals surface area (Å²) < 4.78 is 2.04. The van der Waals surface area contributed by atoms with E-state index in [0.29, 0.717) is 6.04 Å². The summed E-state index contributed by atoms with van der Waals surface area (Å²) in [6.07, 6.45) is 2.79. The smallest absolute Gasteiger partial charge is 0.0823 e. The van der Waals surface area contributed by atoms with Crippen molar-refractivity contribution in [2.24, 2.45) is 0 Å². The van der Waals surface area contributed by atoms with Crippen LogP contribution < -0.4 is 5.32 Å². The molecule has 1 rings (SSSR count). The Kier molecular flexibility index (Phi) is 5.08. The fraction of sp³-hybridized carbons (Fsp3) is 0.800. The van der Waals surface area contributed by atoms with E-state index in [4.69, 9.17) is 11.6 Å². The van der Waals surface area contributed by atoms with Gasteiger partial charge >= 0.3 is 0 Å². The lowest BCUT2D eigenvalue weighted by atomic mass is 9.85. The molecular formula is C15H28ClN3. The summed E-state index contributed by atoms with van der Waals surface area (Å²) in [5, 5.41) is 8.71. The second-order valence-electron chi connectivity index (χ2n) is 7.19. The molecule has 1 aromatic heterocycles. The van der Waals surface area contributed by atoms with Gasteiger partial charge in [0.05, 0.1) is 16.9 Å². The van der Waals surface area contributed by atoms with Gasteiger partial charge in [-0.05, 0) is 47.6 Å². The molecule has 110 valence electrons. The van der Waals surface area contributed by atoms with E-state index in [2.05, 4.69) is 58.9 Å². The number of halogens is 1. The van der Waals surface area contributed by atoms with Crippen LogP contribution in [0.4, 0.5) is 0 Å². The van der Waals surface area contributed by atoms with Crippen molar-refractivity contribution in [3.8, 4) is 0 Å². The van der Waals surface area contributed by atoms with Gasteiger partial charge in [-0.15, -0.1) is 0 Å². The molecule has 1 aromatic rings. The summed E-state index contributed by atoms with van der Waals surface area (Å²) in [4.78, 5) is 0. The van der Waals surface area contributed by atoms with Gasteiger partial charge in [0.1, 0.15) is 0 Å². The van der Waals surface area contributed by atoms with Crippen LogP contribution in [0.25, 0.3) is 0 Å². The average Bonchev–Trinajstić information content (AvgIpc) is 2.58. The molecule has 0 amide bonds. The number of hydrogen-bond donors (Lipinski definition) is 1. The first-order chi connectivity index (χ1) is 8.54. The molecule has 3 nitrogen and oxygen atoms in total. The first-order valence-electron chi connectivity index (χ1n) is 7.03. The van der Waals surface area contributed by atoms with Gasteiger partial charge in [-0.1, -0.05) is 25.4 Å². The van der Waals surface area contributed by atoms with E-state index < -0.39 is 0 Å². The highest BCUT2D eigenvalue weighted by molar-refractivity contribution is 6.31. The second-order valence-corrected chi connectivity index (χ2v) is 7.60. The highest BCUT2D eigenvalue weighted by Gasteiger charge is 2.29. The van der Waals surface area contributed by atoms with E-state index in [9.17, 15) is 0 Å². The molecule has 0 fully saturated rings. The number of nitrogens with one attached hydrogen (secondary N) is 1. The Labute approximate surface area is 122 Å². The zero-order chi connectivity index (χ0) is 14.8. The van der Waals surface area contributed by atoms with Crippen molar-refractivity contribution in [2.45, 2.75) is 71.9 Å². The maximum absolute atomic E-state index is 6.34. The Morgan fingerprint density at radius 1 is 1.26 bits per heavy atom. The molecular weight excluding hydrogens is 258 g/mol. The number of nitrogens with zero attached hydrogens (tertiary/aromatic N) is 2. The van der Waals surface area contributed by atoms with E-state index in [1.54, 1.807) is 6.20 Å². The van der Waals surface area contributed by atoms with E-state index in [1.807, 2.05) is 4.68 Å². The molecule has 0 unspecified atom stereocenters. The molecule has 0 saturated carbocycles. The molecule has 0 spiro atoms. The zero-order valence-corrected chi connectivity index (χ0v) is 14.1. The van der Waals surface area contributed by atoms with Crippen molar-refractivity contribution in [3.05, 3.63) is 16.9 Å². The van der Waals surface area contributed by atoms with Crippen molar-refractivity contribution in [2.75, 3.05) is 6.54 Å². The summed E-state index contributed by atoms with van der Waals surface area (Å²) in [6, 6.07) is 0.331. The number of rotatable bonds is 5. The molecule has 0 radical (unpaired) electrons. The lowest BCUT2D eigenvalue weighted by Gasteiger charge is -2.30. The van der Waals surface area contributed by atoms with Gasteiger partial charge in [0, 0.05) is 17.0 Å². The third-order valence-corrected chi connectivity index (χ3v) is 3.56. The standard InChI is InChI=1S/C15H28ClN3/c1-11(2)19-13(12(16)10-18-19)15(6,7)8-9-17-14(3,4)5/h10-11,17H,8-9H2,1-7H3. The van der Waals surface area contributed by atoms with Crippen LogP contribution in [0.3, 0.4) is 0 Å². The predicted molar refractivity (Wildman–Crippen MR) is 83.0 cm³/mol. The SMILES string of the molecule is CC(C)n1ncc(Cl)c1C(C)(C)CCNC(C)(C)C. The Hall–Kier alpha value is -0.540. The third-order valence-electron chi connectivity index (χ3n) is 3.29. The van der Waals surface area contributed by atoms with Crippen molar-refractivity contribution < 1.29 is 0 Å². The monoisotopic (exact) mass is 285 g/mol. The fourth-order valence-corrected chi connectivity index (χ4v) is 2.62. The lowest BCUT2D eigenvalue weighted by Crippen LogP contribution is -2.39. The molecule has 0 bridgehead atoms. The van der Waals surface area contributed by atoms with Crippen LogP contribution in [0.15, 0.2) is 6.20 Å². The van der Waals surface area contributed by atoms with Gasteiger partial charge in [0.15, 0.2) is 0 Å². The largest absolute Gasteiger partial charge is 0.312 e. The number of hydrogen-bond acceptors (Lipinski definition) is 2. The van der Waals surface area contributed by atoms with Gasteiger partial charge in [-0.25, -0.2) is 0 Å². The van der Waals surface area contributed by atoms with E-state index in [0.717, 1.165) is 23.7 Å². The van der Waals surface area contributed by atoms with Gasteiger partial charge in [-0.3, -0.25) is 4.68 Å². The first kappa shape index (κ1) is 16.5. The second kappa shape index (κ2) is 5.84. The summed E-state index contributed by atoms with van der Waals surface area (Å²) in [6.45, 7) is 16.3. The van der Waals surface area contributed by atoms with E-state index in [-0.39, 0.29) is 11.0 Å². The lowest BCUT2D eigenvalue weighted by molar-refractivity contribution is 0.357. The van der Waals surface area contributed by atoms with Crippen molar-refractivity contribution in [3.63, 3.8) is 0 Å². The van der Waals surface area contributed by atoms with Gasteiger partial charge in [0.25, 0.3) is 0 Å². The summed E-state index contributed by atoms with van der Waals surface area (Å²) in [5.41, 5.74) is 1.30. The third kappa shape index (κ3) is 4.50. The topological polar surface area (TPSA) is 29.9 Å². The summed E-state index contributed by atoms with van der Waals surface area (Å²) in [7, 11) is 0. The van der Waals surface area contributed by atoms with Gasteiger partial charge in [-0.2, -0.15) is 5.10 Å². The Morgan fingerprint density at radius 3 is 2.32 bits per heavy atom. The van der Waals surface area contributed by atoms with Crippen LogP contribution in [0, 0.1) is 0 Å². The van der Waals surface area contributed by atoms with Crippen LogP contribution in [0.2, 0.25) is 5.02 Å². The molecule has 19 heavy (non-hydrogen) atoms. The molecule has 4 heteroatoms. The fourth-order valence-electron chi connectivity index (χ4n) is 2.23. The average molecular weight is 286 g/mol. The quantitative estimate of drug-likeness (QED) is 0.880. The molecule has 0 saturated heterocycles. The molecule has 0 atom stereocenters. The maximum atomic E-state index is 6.34. The minimum Gasteiger partial charge on any atom is -0.312 e. The zero-order valence-electron chi connectivity index (χ0n) is 13.3. The predicted octanol–water partition coefficient (Wildman–Crippen LogP) is 4.17. The number of aromatic nitrogens is 2. The molecule has 0 aliphatic heterocycles. The molecule has 1 heterocycles. The summed E-state index contributed by atoms with van der Waals surface area (Å²) in [5.74, 6) is 0. The minimum absolute atomic E-state index is 0.0100. The van der Waals surface area contributed by atoms with Crippen LogP contribution >= 0.6 is 11.6 Å². The molecule has 0 aliphatic rings. The van der Waals surface area contributed by atoms with Crippen LogP contribution in [-0.2, 0) is 5.41 Å².